The van der Waals surface area contributed by atoms with Crippen LogP contribution in [0.25, 0.3) is 0 Å². The summed E-state index contributed by atoms with van der Waals surface area (Å²) in [7, 11) is 0. The number of hydrogen-bond acceptors (Lipinski definition) is 6. The Balaban J connectivity index is 4.17. The van der Waals surface area contributed by atoms with Gasteiger partial charge in [0.25, 0.3) is 0 Å². The average Bonchev–Trinajstić information content (AvgIpc) is 3.24. The lowest BCUT2D eigenvalue weighted by molar-refractivity contribution is -0.167. The molecule has 0 bridgehead atoms. The van der Waals surface area contributed by atoms with Crippen molar-refractivity contribution in [3.05, 3.63) is 0 Å². The molecule has 0 radical (unpaired) electrons. The largest absolute Gasteiger partial charge is 0.462 e. The highest BCUT2D eigenvalue weighted by atomic mass is 16.6. The predicted molar refractivity (Wildman–Crippen MR) is 261 cm³/mol. The van der Waals surface area contributed by atoms with Crippen molar-refractivity contribution in [1.29, 1.82) is 0 Å². The summed E-state index contributed by atoms with van der Waals surface area (Å²) in [4.78, 5) is 37.9. The van der Waals surface area contributed by atoms with Gasteiger partial charge in [0.15, 0.2) is 6.10 Å². The fraction of sp³-hybridized carbons (Fsp3) is 0.945. The van der Waals surface area contributed by atoms with E-state index in [2.05, 4.69) is 27.7 Å². The molecule has 0 unspecified atom stereocenters. The summed E-state index contributed by atoms with van der Waals surface area (Å²) in [5.41, 5.74) is 0. The van der Waals surface area contributed by atoms with Gasteiger partial charge in [-0.05, 0) is 25.2 Å². The molecule has 0 rings (SSSR count). The first-order chi connectivity index (χ1) is 29.9. The molecule has 0 aliphatic heterocycles. The zero-order valence-electron chi connectivity index (χ0n) is 41.6. The first-order valence-corrected chi connectivity index (χ1v) is 27.4. The Hall–Kier alpha value is -1.59. The van der Waals surface area contributed by atoms with Gasteiger partial charge in [-0.25, -0.2) is 0 Å². The quantitative estimate of drug-likeness (QED) is 0.0344. The van der Waals surface area contributed by atoms with E-state index in [0.29, 0.717) is 19.3 Å². The summed E-state index contributed by atoms with van der Waals surface area (Å²) >= 11 is 0. The first kappa shape index (κ1) is 59.4. The van der Waals surface area contributed by atoms with Crippen LogP contribution < -0.4 is 0 Å². The van der Waals surface area contributed by atoms with Crippen LogP contribution in [0.2, 0.25) is 0 Å². The van der Waals surface area contributed by atoms with Crippen LogP contribution in [-0.2, 0) is 28.6 Å². The second kappa shape index (κ2) is 49.4. The smallest absolute Gasteiger partial charge is 0.306 e. The fourth-order valence-electron chi connectivity index (χ4n) is 8.39. The van der Waals surface area contributed by atoms with Gasteiger partial charge in [-0.1, -0.05) is 272 Å². The summed E-state index contributed by atoms with van der Waals surface area (Å²) < 4.78 is 16.8. The second-order valence-electron chi connectivity index (χ2n) is 19.3. The lowest BCUT2D eigenvalue weighted by Crippen LogP contribution is -2.30. The minimum Gasteiger partial charge on any atom is -0.462 e. The Bertz CT molecular complexity index is 918. The van der Waals surface area contributed by atoms with Gasteiger partial charge in [-0.15, -0.1) is 0 Å². The van der Waals surface area contributed by atoms with Crippen molar-refractivity contribution in [3.8, 4) is 0 Å². The maximum atomic E-state index is 12.7. The summed E-state index contributed by atoms with van der Waals surface area (Å²) in [6.45, 7) is 9.04. The lowest BCUT2D eigenvalue weighted by atomic mass is 10.0. The lowest BCUT2D eigenvalue weighted by Gasteiger charge is -2.18. The molecule has 0 aromatic carbocycles. The number of rotatable bonds is 50. The van der Waals surface area contributed by atoms with Gasteiger partial charge >= 0.3 is 17.9 Å². The molecule has 6 heteroatoms. The highest BCUT2D eigenvalue weighted by molar-refractivity contribution is 5.71. The maximum absolute atomic E-state index is 12.7. The average molecular weight is 863 g/mol. The van der Waals surface area contributed by atoms with E-state index in [-0.39, 0.29) is 31.1 Å². The molecule has 0 amide bonds. The topological polar surface area (TPSA) is 78.9 Å². The molecular weight excluding hydrogens is 757 g/mol. The van der Waals surface area contributed by atoms with Crippen LogP contribution in [0.3, 0.4) is 0 Å². The number of ether oxygens (including phenoxy) is 3. The Morgan fingerprint density at radius 3 is 0.803 bits per heavy atom. The molecule has 362 valence electrons. The van der Waals surface area contributed by atoms with Gasteiger partial charge < -0.3 is 14.2 Å². The first-order valence-electron chi connectivity index (χ1n) is 27.4. The molecule has 0 aromatic heterocycles. The molecule has 61 heavy (non-hydrogen) atoms. The summed E-state index contributed by atoms with van der Waals surface area (Å²) in [6.07, 6.45) is 52.4. The zero-order chi connectivity index (χ0) is 44.5. The third-order valence-corrected chi connectivity index (χ3v) is 12.5. The molecule has 1 atom stereocenters. The molecule has 0 heterocycles. The molecule has 0 aliphatic rings. The Morgan fingerprint density at radius 1 is 0.311 bits per heavy atom. The SMILES string of the molecule is CCCCCCCCCCCCCCC(=O)OC[C@H](COC(=O)CCCCCCCCCCCCCCCCCCCCC(C)C)OC(=O)CCCCCCCCCCCC. The van der Waals surface area contributed by atoms with E-state index in [1.807, 2.05) is 0 Å². The van der Waals surface area contributed by atoms with E-state index in [9.17, 15) is 14.4 Å². The van der Waals surface area contributed by atoms with Crippen molar-refractivity contribution in [2.75, 3.05) is 13.2 Å². The second-order valence-corrected chi connectivity index (χ2v) is 19.3. The number of esters is 3. The number of carbonyl (C=O) groups excluding carboxylic acids is 3. The Kier molecular flexibility index (Phi) is 48.1. The van der Waals surface area contributed by atoms with Crippen LogP contribution in [-0.4, -0.2) is 37.2 Å². The molecule has 0 fully saturated rings. The molecule has 0 aromatic rings. The summed E-state index contributed by atoms with van der Waals surface area (Å²) in [6, 6.07) is 0. The van der Waals surface area contributed by atoms with Gasteiger partial charge in [-0.3, -0.25) is 14.4 Å². The zero-order valence-corrected chi connectivity index (χ0v) is 41.6. The van der Waals surface area contributed by atoms with Gasteiger partial charge in [0, 0.05) is 19.3 Å². The van der Waals surface area contributed by atoms with Gasteiger partial charge in [-0.2, -0.15) is 0 Å². The normalized spacial score (nSPS) is 12.0. The third-order valence-electron chi connectivity index (χ3n) is 12.5. The van der Waals surface area contributed by atoms with Crippen molar-refractivity contribution in [2.24, 2.45) is 5.92 Å². The van der Waals surface area contributed by atoms with Crippen LogP contribution in [0.4, 0.5) is 0 Å². The van der Waals surface area contributed by atoms with E-state index >= 15 is 0 Å². The van der Waals surface area contributed by atoms with E-state index in [0.717, 1.165) is 63.7 Å². The number of unbranched alkanes of at least 4 members (excludes halogenated alkanes) is 37. The standard InChI is InChI=1S/C55H106O6/c1-5-7-9-11-13-15-17-27-31-34-38-42-46-53(56)59-49-52(61-55(58)48-44-40-36-30-16-14-12-10-8-6-2)50-60-54(57)47-43-39-35-32-28-25-23-21-19-18-20-22-24-26-29-33-37-41-45-51(3)4/h51-52H,5-50H2,1-4H3/t52-/m1/s1. The summed E-state index contributed by atoms with van der Waals surface area (Å²) in [5, 5.41) is 0. The van der Waals surface area contributed by atoms with Crippen molar-refractivity contribution in [1.82, 2.24) is 0 Å². The highest BCUT2D eigenvalue weighted by Crippen LogP contribution is 2.17. The van der Waals surface area contributed by atoms with Crippen molar-refractivity contribution < 1.29 is 28.6 Å². The molecule has 6 nitrogen and oxygen atoms in total. The minimum atomic E-state index is -0.760. The molecule has 0 saturated carbocycles. The number of hydrogen-bond donors (Lipinski definition) is 0. The van der Waals surface area contributed by atoms with Crippen LogP contribution in [0.1, 0.15) is 310 Å². The van der Waals surface area contributed by atoms with Gasteiger partial charge in [0.05, 0.1) is 0 Å². The molecular formula is C55H106O6. The van der Waals surface area contributed by atoms with Crippen molar-refractivity contribution in [2.45, 2.75) is 316 Å². The van der Waals surface area contributed by atoms with Gasteiger partial charge in [0.2, 0.25) is 0 Å². The third kappa shape index (κ3) is 49.3. The Morgan fingerprint density at radius 2 is 0.541 bits per heavy atom. The fourth-order valence-corrected chi connectivity index (χ4v) is 8.39. The van der Waals surface area contributed by atoms with Crippen molar-refractivity contribution in [3.63, 3.8) is 0 Å². The van der Waals surface area contributed by atoms with Gasteiger partial charge in [0.1, 0.15) is 13.2 Å². The number of carbonyl (C=O) groups is 3. The minimum absolute atomic E-state index is 0.0623. The molecule has 0 spiro atoms. The monoisotopic (exact) mass is 863 g/mol. The van der Waals surface area contributed by atoms with E-state index in [1.54, 1.807) is 0 Å². The molecule has 0 N–H and O–H groups in total. The molecule has 0 saturated heterocycles. The van der Waals surface area contributed by atoms with E-state index < -0.39 is 6.10 Å². The Labute approximate surface area is 380 Å². The van der Waals surface area contributed by atoms with Crippen LogP contribution in [0, 0.1) is 5.92 Å². The molecule has 0 aliphatic carbocycles. The van der Waals surface area contributed by atoms with E-state index in [1.165, 1.54) is 205 Å². The van der Waals surface area contributed by atoms with Crippen LogP contribution in [0.15, 0.2) is 0 Å². The highest BCUT2D eigenvalue weighted by Gasteiger charge is 2.19. The maximum Gasteiger partial charge on any atom is 0.306 e. The van der Waals surface area contributed by atoms with Crippen LogP contribution in [0.5, 0.6) is 0 Å². The van der Waals surface area contributed by atoms with E-state index in [4.69, 9.17) is 14.2 Å². The van der Waals surface area contributed by atoms with Crippen molar-refractivity contribution >= 4 is 17.9 Å². The van der Waals surface area contributed by atoms with Crippen LogP contribution >= 0.6 is 0 Å². The predicted octanol–water partition coefficient (Wildman–Crippen LogP) is 17.8. The summed E-state index contributed by atoms with van der Waals surface area (Å²) in [5.74, 6) is 0.0167.